The minimum Gasteiger partial charge on any atom is -0.481 e. The van der Waals surface area contributed by atoms with Gasteiger partial charge in [-0.1, -0.05) is 6.07 Å². The Morgan fingerprint density at radius 2 is 2.16 bits per heavy atom. The third kappa shape index (κ3) is 3.24. The number of aromatic nitrogens is 4. The van der Waals surface area contributed by atoms with Crippen molar-refractivity contribution >= 4 is 0 Å². The standard InChI is InChI=1S/C17H24N6O2/c1-21-6-7-23-15(11-21)19-20-17(23)14-8-13(24)10-22(14)9-12-4-3-5-16(18-12)25-2/h3-5,13-14,24H,6-11H2,1-2H3/t13-,14-/m0/s1. The van der Waals surface area contributed by atoms with E-state index in [-0.39, 0.29) is 12.1 Å². The Morgan fingerprint density at radius 1 is 1.28 bits per heavy atom. The van der Waals surface area contributed by atoms with Gasteiger partial charge in [0.05, 0.1) is 31.5 Å². The van der Waals surface area contributed by atoms with E-state index >= 15 is 0 Å². The van der Waals surface area contributed by atoms with Crippen LogP contribution in [0.25, 0.3) is 0 Å². The summed E-state index contributed by atoms with van der Waals surface area (Å²) in [4.78, 5) is 8.98. The second kappa shape index (κ2) is 6.70. The van der Waals surface area contributed by atoms with Crippen LogP contribution in [0.15, 0.2) is 18.2 Å². The molecule has 0 saturated carbocycles. The van der Waals surface area contributed by atoms with Gasteiger partial charge in [0.2, 0.25) is 5.88 Å². The molecule has 0 aromatic carbocycles. The predicted octanol–water partition coefficient (Wildman–Crippen LogP) is 0.435. The second-order valence-corrected chi connectivity index (χ2v) is 6.87. The first kappa shape index (κ1) is 16.4. The molecule has 0 bridgehead atoms. The molecule has 4 rings (SSSR count). The summed E-state index contributed by atoms with van der Waals surface area (Å²) in [5.41, 5.74) is 0.927. The van der Waals surface area contributed by atoms with Crippen molar-refractivity contribution in [1.82, 2.24) is 29.5 Å². The van der Waals surface area contributed by atoms with Crippen molar-refractivity contribution in [3.05, 3.63) is 35.5 Å². The maximum absolute atomic E-state index is 10.2. The van der Waals surface area contributed by atoms with E-state index in [9.17, 15) is 5.11 Å². The number of ether oxygens (including phenoxy) is 1. The number of rotatable bonds is 4. The van der Waals surface area contributed by atoms with Gasteiger partial charge < -0.3 is 14.4 Å². The number of methoxy groups -OCH3 is 1. The topological polar surface area (TPSA) is 79.5 Å². The highest BCUT2D eigenvalue weighted by atomic mass is 16.5. The molecule has 0 radical (unpaired) electrons. The van der Waals surface area contributed by atoms with E-state index in [1.165, 1.54) is 0 Å². The summed E-state index contributed by atoms with van der Waals surface area (Å²) in [6.45, 7) is 3.98. The maximum atomic E-state index is 10.2. The van der Waals surface area contributed by atoms with Crippen LogP contribution in [0.3, 0.4) is 0 Å². The van der Waals surface area contributed by atoms with Crippen molar-refractivity contribution in [3.63, 3.8) is 0 Å². The molecule has 0 spiro atoms. The zero-order chi connectivity index (χ0) is 17.4. The van der Waals surface area contributed by atoms with Gasteiger partial charge in [-0.25, -0.2) is 4.98 Å². The van der Waals surface area contributed by atoms with Crippen LogP contribution in [-0.2, 0) is 19.6 Å². The number of aliphatic hydroxyl groups is 1. The Balaban J connectivity index is 1.58. The second-order valence-electron chi connectivity index (χ2n) is 6.87. The zero-order valence-corrected chi connectivity index (χ0v) is 14.7. The van der Waals surface area contributed by atoms with Gasteiger partial charge in [-0.2, -0.15) is 0 Å². The first-order valence-electron chi connectivity index (χ1n) is 8.66. The third-order valence-electron chi connectivity index (χ3n) is 5.01. The van der Waals surface area contributed by atoms with Crippen LogP contribution in [0.4, 0.5) is 0 Å². The summed E-state index contributed by atoms with van der Waals surface area (Å²) < 4.78 is 7.43. The maximum Gasteiger partial charge on any atom is 0.213 e. The van der Waals surface area contributed by atoms with E-state index in [4.69, 9.17) is 4.74 Å². The summed E-state index contributed by atoms with van der Waals surface area (Å²) in [5.74, 6) is 2.57. The van der Waals surface area contributed by atoms with Crippen LogP contribution >= 0.6 is 0 Å². The molecule has 0 unspecified atom stereocenters. The van der Waals surface area contributed by atoms with Crippen molar-refractivity contribution in [3.8, 4) is 5.88 Å². The normalized spacial score (nSPS) is 24.4. The molecule has 134 valence electrons. The van der Waals surface area contributed by atoms with Gasteiger partial charge in [0.25, 0.3) is 0 Å². The molecule has 1 saturated heterocycles. The van der Waals surface area contributed by atoms with Gasteiger partial charge in [-0.15, -0.1) is 10.2 Å². The Bertz CT molecular complexity index is 748. The lowest BCUT2D eigenvalue weighted by Gasteiger charge is -2.27. The van der Waals surface area contributed by atoms with Gasteiger partial charge in [-0.05, 0) is 19.5 Å². The molecule has 8 heteroatoms. The van der Waals surface area contributed by atoms with Gasteiger partial charge in [0.15, 0.2) is 5.82 Å². The lowest BCUT2D eigenvalue weighted by atomic mass is 10.1. The highest BCUT2D eigenvalue weighted by Gasteiger charge is 2.36. The number of likely N-dealkylation sites (N-methyl/N-ethyl adjacent to an activating group) is 1. The summed E-state index contributed by atoms with van der Waals surface area (Å²) >= 11 is 0. The highest BCUT2D eigenvalue weighted by Crippen LogP contribution is 2.33. The molecule has 2 aromatic rings. The van der Waals surface area contributed by atoms with Gasteiger partial charge in [-0.3, -0.25) is 9.80 Å². The van der Waals surface area contributed by atoms with E-state index in [0.717, 1.165) is 37.0 Å². The van der Waals surface area contributed by atoms with Crippen LogP contribution in [0.2, 0.25) is 0 Å². The van der Waals surface area contributed by atoms with Crippen LogP contribution < -0.4 is 4.74 Å². The molecule has 25 heavy (non-hydrogen) atoms. The average molecular weight is 344 g/mol. The summed E-state index contributed by atoms with van der Waals surface area (Å²) in [5, 5.41) is 19.1. The smallest absolute Gasteiger partial charge is 0.213 e. The number of pyridine rings is 1. The van der Waals surface area contributed by atoms with E-state index in [0.29, 0.717) is 25.4 Å². The number of fused-ring (bicyclic) bond motifs is 1. The summed E-state index contributed by atoms with van der Waals surface area (Å²) in [6, 6.07) is 5.83. The Hall–Kier alpha value is -2.03. The molecule has 1 N–H and O–H groups in total. The number of aliphatic hydroxyl groups excluding tert-OH is 1. The molecule has 8 nitrogen and oxygen atoms in total. The first-order valence-corrected chi connectivity index (χ1v) is 8.66. The van der Waals surface area contributed by atoms with E-state index in [2.05, 4.69) is 36.6 Å². The largest absolute Gasteiger partial charge is 0.481 e. The van der Waals surface area contributed by atoms with Crippen LogP contribution in [0.5, 0.6) is 5.88 Å². The number of likely N-dealkylation sites (tertiary alicyclic amines) is 1. The van der Waals surface area contributed by atoms with Crippen molar-refractivity contribution in [2.75, 3.05) is 27.2 Å². The summed E-state index contributed by atoms with van der Waals surface area (Å²) in [6.07, 6.45) is 0.326. The fourth-order valence-electron chi connectivity index (χ4n) is 3.74. The Labute approximate surface area is 147 Å². The molecule has 4 heterocycles. The molecule has 1 fully saturated rings. The number of nitrogens with zero attached hydrogens (tertiary/aromatic N) is 6. The van der Waals surface area contributed by atoms with E-state index in [1.54, 1.807) is 7.11 Å². The number of hydrogen-bond donors (Lipinski definition) is 1. The fourth-order valence-corrected chi connectivity index (χ4v) is 3.74. The van der Waals surface area contributed by atoms with E-state index in [1.807, 2.05) is 18.2 Å². The molecule has 2 aliphatic rings. The van der Waals surface area contributed by atoms with Gasteiger partial charge in [0, 0.05) is 32.2 Å². The summed E-state index contributed by atoms with van der Waals surface area (Å²) in [7, 11) is 3.71. The predicted molar refractivity (Wildman–Crippen MR) is 90.9 cm³/mol. The van der Waals surface area contributed by atoms with Crippen molar-refractivity contribution in [2.45, 2.75) is 38.2 Å². The average Bonchev–Trinajstić information content (AvgIpc) is 3.17. The molecular weight excluding hydrogens is 320 g/mol. The lowest BCUT2D eigenvalue weighted by Crippen LogP contribution is -2.33. The minimum atomic E-state index is -0.352. The van der Waals surface area contributed by atoms with Crippen LogP contribution in [0, 0.1) is 0 Å². The van der Waals surface area contributed by atoms with Gasteiger partial charge in [0.1, 0.15) is 5.82 Å². The molecule has 2 aliphatic heterocycles. The monoisotopic (exact) mass is 344 g/mol. The SMILES string of the molecule is COc1cccc(CN2C[C@@H](O)C[C@H]2c2nnc3n2CCN(C)C3)n1. The van der Waals surface area contributed by atoms with Crippen molar-refractivity contribution in [1.29, 1.82) is 0 Å². The Morgan fingerprint density at radius 3 is 3.00 bits per heavy atom. The van der Waals surface area contributed by atoms with Gasteiger partial charge >= 0.3 is 0 Å². The number of β-amino-alcohol motifs (C(OH)–C–C–N with tert-alkyl or cyclic N) is 1. The molecule has 0 amide bonds. The van der Waals surface area contributed by atoms with Crippen molar-refractivity contribution < 1.29 is 9.84 Å². The number of hydrogen-bond acceptors (Lipinski definition) is 7. The molecule has 2 atom stereocenters. The molecule has 0 aliphatic carbocycles. The third-order valence-corrected chi connectivity index (χ3v) is 5.01. The van der Waals surface area contributed by atoms with Crippen molar-refractivity contribution in [2.24, 2.45) is 0 Å². The van der Waals surface area contributed by atoms with Crippen LogP contribution in [0.1, 0.15) is 29.8 Å². The van der Waals surface area contributed by atoms with Crippen LogP contribution in [-0.4, -0.2) is 68.0 Å². The highest BCUT2D eigenvalue weighted by molar-refractivity contribution is 5.16. The quantitative estimate of drug-likeness (QED) is 0.862. The molecule has 2 aromatic heterocycles. The fraction of sp³-hybridized carbons (Fsp3) is 0.588. The zero-order valence-electron chi connectivity index (χ0n) is 14.7. The molecular formula is C17H24N6O2. The minimum absolute atomic E-state index is 0.0626. The lowest BCUT2D eigenvalue weighted by molar-refractivity contribution is 0.171. The Kier molecular flexibility index (Phi) is 4.41. The first-order chi connectivity index (χ1) is 12.1. The van der Waals surface area contributed by atoms with E-state index < -0.39 is 0 Å².